The topological polar surface area (TPSA) is 65.5 Å². The largest absolute Gasteiger partial charge is 0.478 e. The summed E-state index contributed by atoms with van der Waals surface area (Å²) in [6.07, 6.45) is 7.90. The summed E-state index contributed by atoms with van der Waals surface area (Å²) in [5, 5.41) is 11.4. The predicted octanol–water partition coefficient (Wildman–Crippen LogP) is 5.29. The van der Waals surface area contributed by atoms with Crippen molar-refractivity contribution >= 4 is 23.0 Å². The molecule has 1 heterocycles. The van der Waals surface area contributed by atoms with Gasteiger partial charge < -0.3 is 15.3 Å². The van der Waals surface area contributed by atoms with Crippen molar-refractivity contribution in [1.82, 2.24) is 4.98 Å². The van der Waals surface area contributed by atoms with Crippen molar-refractivity contribution in [3.8, 4) is 0 Å². The second kappa shape index (κ2) is 9.87. The molecule has 0 spiro atoms. The molecule has 30 heavy (non-hydrogen) atoms. The molecule has 4 rings (SSSR count). The Balaban J connectivity index is 0.000000199. The highest BCUT2D eigenvalue weighted by molar-refractivity contribution is 5.93. The van der Waals surface area contributed by atoms with Gasteiger partial charge in [0.15, 0.2) is 0 Å². The highest BCUT2D eigenvalue weighted by Crippen LogP contribution is 2.29. The van der Waals surface area contributed by atoms with Gasteiger partial charge in [0, 0.05) is 31.7 Å². The average molecular weight is 407 g/mol. The van der Waals surface area contributed by atoms with Crippen LogP contribution in [0.15, 0.2) is 60.9 Å². The van der Waals surface area contributed by atoms with E-state index in [1.165, 1.54) is 73.1 Å². The molecule has 0 amide bonds. The molecular weight excluding hydrogens is 381 g/mol. The first-order valence-electron chi connectivity index (χ1n) is 9.95. The lowest BCUT2D eigenvalue weighted by atomic mass is 9.91. The van der Waals surface area contributed by atoms with Gasteiger partial charge >= 0.3 is 5.97 Å². The number of carbonyl (C=O) groups is 1. The Labute approximate surface area is 176 Å². The maximum atomic E-state index is 13.0. The lowest BCUT2D eigenvalue weighted by Crippen LogP contribution is -2.11. The van der Waals surface area contributed by atoms with E-state index in [1.807, 2.05) is 19.2 Å². The molecule has 0 unspecified atom stereocenters. The number of anilines is 3. The molecule has 156 valence electrons. The fraction of sp³-hybridized carbons (Fsp3) is 0.250. The van der Waals surface area contributed by atoms with Crippen LogP contribution >= 0.6 is 0 Å². The number of aromatic nitrogens is 1. The summed E-state index contributed by atoms with van der Waals surface area (Å²) in [5.74, 6) is -1.14. The van der Waals surface area contributed by atoms with E-state index in [0.29, 0.717) is 5.69 Å². The smallest absolute Gasteiger partial charge is 0.337 e. The van der Waals surface area contributed by atoms with E-state index >= 15 is 0 Å². The third-order valence-electron chi connectivity index (χ3n) is 5.25. The Hall–Kier alpha value is -3.41. The molecule has 1 aliphatic rings. The maximum Gasteiger partial charge on any atom is 0.337 e. The minimum Gasteiger partial charge on any atom is -0.478 e. The van der Waals surface area contributed by atoms with E-state index in [2.05, 4.69) is 33.4 Å². The molecule has 0 fully saturated rings. The number of carboxylic acid groups (broad SMARTS) is 1. The van der Waals surface area contributed by atoms with E-state index in [1.54, 1.807) is 7.05 Å². The van der Waals surface area contributed by atoms with E-state index in [-0.39, 0.29) is 11.4 Å². The standard InChI is InChI=1S/C17H18FN.C7H8N2O2/c1-19(16-10-7-15(18)8-11-16)17-9-6-13-4-2-3-5-14(13)12-17;1-8-6-4-9-3-2-5(6)7(10)11/h6-12H,2-5H2,1H3;2-4,8H,1H3,(H,10,11). The van der Waals surface area contributed by atoms with Crippen LogP contribution < -0.4 is 10.2 Å². The zero-order valence-corrected chi connectivity index (χ0v) is 17.2. The van der Waals surface area contributed by atoms with Crippen molar-refractivity contribution in [2.24, 2.45) is 0 Å². The third-order valence-corrected chi connectivity index (χ3v) is 5.25. The van der Waals surface area contributed by atoms with Crippen LogP contribution in [0, 0.1) is 5.82 Å². The monoisotopic (exact) mass is 407 g/mol. The number of nitrogens with one attached hydrogen (secondary N) is 1. The average Bonchev–Trinajstić information content (AvgIpc) is 2.79. The van der Waals surface area contributed by atoms with Crippen molar-refractivity contribution in [3.63, 3.8) is 0 Å². The van der Waals surface area contributed by atoms with Crippen molar-refractivity contribution < 1.29 is 14.3 Å². The number of aromatic carboxylic acids is 1. The summed E-state index contributed by atoms with van der Waals surface area (Å²) in [4.78, 5) is 16.4. The number of fused-ring (bicyclic) bond motifs is 1. The van der Waals surface area contributed by atoms with Crippen molar-refractivity contribution in [2.75, 3.05) is 24.3 Å². The van der Waals surface area contributed by atoms with Crippen LogP contribution in [-0.4, -0.2) is 30.2 Å². The molecule has 0 saturated carbocycles. The molecule has 0 saturated heterocycles. The van der Waals surface area contributed by atoms with Gasteiger partial charge in [-0.25, -0.2) is 9.18 Å². The Morgan fingerprint density at radius 3 is 2.33 bits per heavy atom. The molecular formula is C24H26FN3O2. The Kier molecular flexibility index (Phi) is 7.01. The van der Waals surface area contributed by atoms with E-state index in [0.717, 1.165) is 5.69 Å². The van der Waals surface area contributed by atoms with Crippen LogP contribution in [0.25, 0.3) is 0 Å². The zero-order valence-electron chi connectivity index (χ0n) is 17.2. The molecule has 2 N–H and O–H groups in total. The molecule has 6 heteroatoms. The fourth-order valence-corrected chi connectivity index (χ4v) is 3.52. The van der Waals surface area contributed by atoms with Crippen molar-refractivity contribution in [1.29, 1.82) is 0 Å². The summed E-state index contributed by atoms with van der Waals surface area (Å²) < 4.78 is 13.0. The minimum atomic E-state index is -0.947. The number of benzene rings is 2. The number of hydrogen-bond acceptors (Lipinski definition) is 4. The first-order valence-corrected chi connectivity index (χ1v) is 9.95. The molecule has 0 radical (unpaired) electrons. The van der Waals surface area contributed by atoms with Gasteiger partial charge in [0.2, 0.25) is 0 Å². The van der Waals surface area contributed by atoms with Crippen LogP contribution in [0.2, 0.25) is 0 Å². The SMILES string of the molecule is CN(c1ccc(F)cc1)c1ccc2c(c1)CCCC2.CNc1cnccc1C(=O)O. The Morgan fingerprint density at radius 2 is 1.70 bits per heavy atom. The quantitative estimate of drug-likeness (QED) is 0.615. The summed E-state index contributed by atoms with van der Waals surface area (Å²) in [6.45, 7) is 0. The van der Waals surface area contributed by atoms with E-state index in [4.69, 9.17) is 5.11 Å². The van der Waals surface area contributed by atoms with Crippen LogP contribution in [0.5, 0.6) is 0 Å². The Bertz CT molecular complexity index is 1010. The summed E-state index contributed by atoms with van der Waals surface area (Å²) >= 11 is 0. The third kappa shape index (κ3) is 5.14. The van der Waals surface area contributed by atoms with Gasteiger partial charge in [-0.05, 0) is 79.3 Å². The molecule has 5 nitrogen and oxygen atoms in total. The van der Waals surface area contributed by atoms with Gasteiger partial charge in [-0.3, -0.25) is 4.98 Å². The van der Waals surface area contributed by atoms with Gasteiger partial charge in [0.1, 0.15) is 5.82 Å². The fourth-order valence-electron chi connectivity index (χ4n) is 3.52. The van der Waals surface area contributed by atoms with Gasteiger partial charge in [-0.2, -0.15) is 0 Å². The molecule has 1 aromatic heterocycles. The summed E-state index contributed by atoms with van der Waals surface area (Å²) in [6, 6.07) is 14.8. The number of rotatable bonds is 4. The van der Waals surface area contributed by atoms with Crippen LogP contribution in [0.4, 0.5) is 21.5 Å². The second-order valence-corrected chi connectivity index (χ2v) is 7.17. The summed E-state index contributed by atoms with van der Waals surface area (Å²) in [5.41, 5.74) is 5.91. The van der Waals surface area contributed by atoms with Crippen LogP contribution in [-0.2, 0) is 12.8 Å². The van der Waals surface area contributed by atoms with Gasteiger partial charge in [-0.15, -0.1) is 0 Å². The first kappa shape index (κ1) is 21.3. The normalized spacial score (nSPS) is 12.2. The van der Waals surface area contributed by atoms with Crippen molar-refractivity contribution in [3.05, 3.63) is 83.4 Å². The second-order valence-electron chi connectivity index (χ2n) is 7.17. The zero-order chi connectivity index (χ0) is 21.5. The molecule has 2 aromatic carbocycles. The number of hydrogen-bond donors (Lipinski definition) is 2. The molecule has 3 aromatic rings. The molecule has 0 bridgehead atoms. The lowest BCUT2D eigenvalue weighted by molar-refractivity contribution is 0.0698. The van der Waals surface area contributed by atoms with E-state index in [9.17, 15) is 9.18 Å². The maximum absolute atomic E-state index is 13.0. The van der Waals surface area contributed by atoms with Gasteiger partial charge in [0.25, 0.3) is 0 Å². The number of carboxylic acids is 1. The minimum absolute atomic E-state index is 0.192. The first-order chi connectivity index (χ1) is 14.5. The number of halogens is 1. The van der Waals surface area contributed by atoms with Crippen LogP contribution in [0.3, 0.4) is 0 Å². The predicted molar refractivity (Wildman–Crippen MR) is 118 cm³/mol. The highest BCUT2D eigenvalue weighted by Gasteiger charge is 2.12. The number of pyridine rings is 1. The van der Waals surface area contributed by atoms with Crippen LogP contribution in [0.1, 0.15) is 34.3 Å². The highest BCUT2D eigenvalue weighted by atomic mass is 19.1. The van der Waals surface area contributed by atoms with Gasteiger partial charge in [-0.1, -0.05) is 6.07 Å². The molecule has 0 aliphatic heterocycles. The van der Waals surface area contributed by atoms with E-state index < -0.39 is 5.97 Å². The van der Waals surface area contributed by atoms with Crippen molar-refractivity contribution in [2.45, 2.75) is 25.7 Å². The number of nitrogens with zero attached hydrogens (tertiary/aromatic N) is 2. The molecule has 1 aliphatic carbocycles. The van der Waals surface area contributed by atoms with Gasteiger partial charge in [0.05, 0.1) is 17.4 Å². The number of aryl methyl sites for hydroxylation is 2. The lowest BCUT2D eigenvalue weighted by Gasteiger charge is -2.23. The Morgan fingerprint density at radius 1 is 1.03 bits per heavy atom. The molecule has 0 atom stereocenters. The summed E-state index contributed by atoms with van der Waals surface area (Å²) in [7, 11) is 3.68.